The first-order valence-corrected chi connectivity index (χ1v) is 7.23. The van der Waals surface area contributed by atoms with Crippen molar-refractivity contribution in [2.75, 3.05) is 19.6 Å². The average Bonchev–Trinajstić information content (AvgIpc) is 2.45. The number of aryl methyl sites for hydroxylation is 1. The normalized spacial score (nSPS) is 10.8. The molecule has 0 aliphatic rings. The second-order valence-corrected chi connectivity index (χ2v) is 4.79. The lowest BCUT2D eigenvalue weighted by Crippen LogP contribution is -2.32. The highest BCUT2D eigenvalue weighted by molar-refractivity contribution is 5.85. The van der Waals surface area contributed by atoms with Gasteiger partial charge in [-0.2, -0.15) is 0 Å². The van der Waals surface area contributed by atoms with E-state index in [1.807, 2.05) is 0 Å². The molecule has 1 amide bonds. The van der Waals surface area contributed by atoms with Crippen molar-refractivity contribution >= 4 is 18.3 Å². The Hall–Kier alpha value is -1.47. The maximum absolute atomic E-state index is 12.0. The highest BCUT2D eigenvalue weighted by Gasteiger charge is 2.30. The van der Waals surface area contributed by atoms with E-state index in [1.54, 1.807) is 0 Å². The third-order valence-corrected chi connectivity index (χ3v) is 2.85. The maximum Gasteiger partial charge on any atom is 0.573 e. The van der Waals surface area contributed by atoms with E-state index in [1.165, 1.54) is 24.3 Å². The SMILES string of the molecule is CCCNCCNC(=O)CCc1ccc(OC(F)(F)F)cc1.Cl. The third kappa shape index (κ3) is 10.8. The molecule has 0 saturated carbocycles. The van der Waals surface area contributed by atoms with Gasteiger partial charge in [0.25, 0.3) is 0 Å². The zero-order chi connectivity index (χ0) is 16.4. The number of hydrogen-bond acceptors (Lipinski definition) is 3. The van der Waals surface area contributed by atoms with Gasteiger partial charge < -0.3 is 15.4 Å². The summed E-state index contributed by atoms with van der Waals surface area (Å²) in [4.78, 5) is 11.6. The molecule has 0 aliphatic carbocycles. The summed E-state index contributed by atoms with van der Waals surface area (Å²) in [6.07, 6.45) is -2.87. The summed E-state index contributed by atoms with van der Waals surface area (Å²) < 4.78 is 39.8. The van der Waals surface area contributed by atoms with E-state index in [0.29, 0.717) is 19.4 Å². The van der Waals surface area contributed by atoms with Crippen LogP contribution in [0.4, 0.5) is 13.2 Å². The van der Waals surface area contributed by atoms with E-state index in [0.717, 1.165) is 25.1 Å². The average molecular weight is 355 g/mol. The predicted molar refractivity (Wildman–Crippen MR) is 84.9 cm³/mol. The molecule has 0 unspecified atom stereocenters. The molecule has 23 heavy (non-hydrogen) atoms. The topological polar surface area (TPSA) is 50.4 Å². The van der Waals surface area contributed by atoms with Gasteiger partial charge >= 0.3 is 6.36 Å². The van der Waals surface area contributed by atoms with Gasteiger partial charge in [-0.15, -0.1) is 25.6 Å². The minimum absolute atomic E-state index is 0. The zero-order valence-electron chi connectivity index (χ0n) is 12.9. The number of ether oxygens (including phenoxy) is 1. The van der Waals surface area contributed by atoms with E-state index in [9.17, 15) is 18.0 Å². The second kappa shape index (κ2) is 11.1. The highest BCUT2D eigenvalue weighted by Crippen LogP contribution is 2.22. The van der Waals surface area contributed by atoms with Gasteiger partial charge in [0, 0.05) is 19.5 Å². The van der Waals surface area contributed by atoms with Crippen molar-refractivity contribution < 1.29 is 22.7 Å². The van der Waals surface area contributed by atoms with E-state index >= 15 is 0 Å². The molecule has 1 aromatic carbocycles. The lowest BCUT2D eigenvalue weighted by molar-refractivity contribution is -0.274. The van der Waals surface area contributed by atoms with Gasteiger partial charge in [0.15, 0.2) is 0 Å². The molecular formula is C15H22ClF3N2O2. The van der Waals surface area contributed by atoms with Gasteiger partial charge in [0.2, 0.25) is 5.91 Å². The van der Waals surface area contributed by atoms with E-state index in [4.69, 9.17) is 0 Å². The van der Waals surface area contributed by atoms with Crippen LogP contribution in [0.5, 0.6) is 5.75 Å². The summed E-state index contributed by atoms with van der Waals surface area (Å²) >= 11 is 0. The standard InChI is InChI=1S/C15H21F3N2O2.ClH/c1-2-9-19-10-11-20-14(21)8-5-12-3-6-13(7-4-12)22-15(16,17)18;/h3-4,6-7,19H,2,5,8-11H2,1H3,(H,20,21);1H. The molecule has 4 nitrogen and oxygen atoms in total. The molecule has 0 aliphatic heterocycles. The van der Waals surface area contributed by atoms with Crippen LogP contribution in [0.3, 0.4) is 0 Å². The molecule has 0 aromatic heterocycles. The molecule has 8 heteroatoms. The summed E-state index contributed by atoms with van der Waals surface area (Å²) in [7, 11) is 0. The Morgan fingerprint density at radius 3 is 2.35 bits per heavy atom. The van der Waals surface area contributed by atoms with Crippen molar-refractivity contribution in [2.45, 2.75) is 32.5 Å². The summed E-state index contributed by atoms with van der Waals surface area (Å²) in [5.41, 5.74) is 0.786. The molecule has 0 spiro atoms. The number of rotatable bonds is 9. The van der Waals surface area contributed by atoms with Crippen LogP contribution in [0.15, 0.2) is 24.3 Å². The Bertz CT molecular complexity index is 453. The molecule has 0 radical (unpaired) electrons. The van der Waals surface area contributed by atoms with Crippen LogP contribution < -0.4 is 15.4 Å². The zero-order valence-corrected chi connectivity index (χ0v) is 13.7. The lowest BCUT2D eigenvalue weighted by Gasteiger charge is -2.09. The fourth-order valence-electron chi connectivity index (χ4n) is 1.80. The van der Waals surface area contributed by atoms with E-state index in [-0.39, 0.29) is 24.1 Å². The van der Waals surface area contributed by atoms with Crippen LogP contribution in [-0.2, 0) is 11.2 Å². The maximum atomic E-state index is 12.0. The van der Waals surface area contributed by atoms with Crippen molar-refractivity contribution in [3.63, 3.8) is 0 Å². The van der Waals surface area contributed by atoms with Crippen LogP contribution in [0.1, 0.15) is 25.3 Å². The van der Waals surface area contributed by atoms with Crippen molar-refractivity contribution in [1.82, 2.24) is 10.6 Å². The van der Waals surface area contributed by atoms with Crippen LogP contribution in [0.2, 0.25) is 0 Å². The molecule has 2 N–H and O–H groups in total. The minimum atomic E-state index is -4.69. The van der Waals surface area contributed by atoms with Crippen molar-refractivity contribution in [3.05, 3.63) is 29.8 Å². The second-order valence-electron chi connectivity index (χ2n) is 4.79. The first-order chi connectivity index (χ1) is 10.4. The summed E-state index contributed by atoms with van der Waals surface area (Å²) in [5.74, 6) is -0.336. The number of carbonyl (C=O) groups excluding carboxylic acids is 1. The van der Waals surface area contributed by atoms with Crippen LogP contribution >= 0.6 is 12.4 Å². The predicted octanol–water partition coefficient (Wildman–Crippen LogP) is 3.06. The van der Waals surface area contributed by atoms with Gasteiger partial charge in [-0.1, -0.05) is 19.1 Å². The fourth-order valence-corrected chi connectivity index (χ4v) is 1.80. The number of nitrogens with one attached hydrogen (secondary N) is 2. The number of halogens is 4. The molecule has 0 heterocycles. The van der Waals surface area contributed by atoms with Gasteiger partial charge in [-0.25, -0.2) is 0 Å². The Morgan fingerprint density at radius 2 is 1.78 bits per heavy atom. The Balaban J connectivity index is 0.00000484. The number of alkyl halides is 3. The van der Waals surface area contributed by atoms with Gasteiger partial charge in [0.05, 0.1) is 0 Å². The molecule has 1 rings (SSSR count). The van der Waals surface area contributed by atoms with Gasteiger partial charge in [-0.05, 0) is 37.1 Å². The monoisotopic (exact) mass is 354 g/mol. The van der Waals surface area contributed by atoms with Crippen molar-refractivity contribution in [1.29, 1.82) is 0 Å². The lowest BCUT2D eigenvalue weighted by atomic mass is 10.1. The number of amides is 1. The molecule has 0 atom stereocenters. The van der Waals surface area contributed by atoms with Crippen LogP contribution in [0.25, 0.3) is 0 Å². The fraction of sp³-hybridized carbons (Fsp3) is 0.533. The number of benzene rings is 1. The van der Waals surface area contributed by atoms with Gasteiger partial charge in [-0.3, -0.25) is 4.79 Å². The Labute approximate surface area is 140 Å². The van der Waals surface area contributed by atoms with Crippen LogP contribution in [0, 0.1) is 0 Å². The number of carbonyl (C=O) groups is 1. The minimum Gasteiger partial charge on any atom is -0.406 e. The summed E-state index contributed by atoms with van der Waals surface area (Å²) in [6.45, 7) is 4.28. The molecule has 0 fully saturated rings. The first kappa shape index (κ1) is 21.5. The Kier molecular flexibility index (Phi) is 10.4. The summed E-state index contributed by atoms with van der Waals surface area (Å²) in [5, 5.41) is 5.95. The largest absolute Gasteiger partial charge is 0.573 e. The van der Waals surface area contributed by atoms with Crippen molar-refractivity contribution in [2.24, 2.45) is 0 Å². The molecule has 0 bridgehead atoms. The smallest absolute Gasteiger partial charge is 0.406 e. The summed E-state index contributed by atoms with van der Waals surface area (Å²) in [6, 6.07) is 5.54. The molecule has 0 saturated heterocycles. The first-order valence-electron chi connectivity index (χ1n) is 7.23. The van der Waals surface area contributed by atoms with Gasteiger partial charge in [0.1, 0.15) is 5.75 Å². The number of hydrogen-bond donors (Lipinski definition) is 2. The highest BCUT2D eigenvalue weighted by atomic mass is 35.5. The molecular weight excluding hydrogens is 333 g/mol. The van der Waals surface area contributed by atoms with Crippen molar-refractivity contribution in [3.8, 4) is 5.75 Å². The molecule has 132 valence electrons. The third-order valence-electron chi connectivity index (χ3n) is 2.85. The molecule has 1 aromatic rings. The Morgan fingerprint density at radius 1 is 1.13 bits per heavy atom. The quantitative estimate of drug-likeness (QED) is 0.670. The van der Waals surface area contributed by atoms with E-state index in [2.05, 4.69) is 22.3 Å². The van der Waals surface area contributed by atoms with E-state index < -0.39 is 6.36 Å². The van der Waals surface area contributed by atoms with Crippen LogP contribution in [-0.4, -0.2) is 31.9 Å².